The first-order valence-electron chi connectivity index (χ1n) is 11.2. The number of amides is 1. The Hall–Kier alpha value is -3.65. The topological polar surface area (TPSA) is 87.6 Å². The minimum absolute atomic E-state index is 0.0438. The molecule has 2 heterocycles. The second-order valence-electron chi connectivity index (χ2n) is 8.41. The first-order chi connectivity index (χ1) is 16.1. The number of aromatic amines is 1. The minimum atomic E-state index is -0.117. The van der Waals surface area contributed by atoms with Crippen LogP contribution in [0.1, 0.15) is 48.9 Å². The molecule has 5 rings (SSSR count). The molecule has 3 aromatic rings. The van der Waals surface area contributed by atoms with Gasteiger partial charge in [-0.05, 0) is 30.7 Å². The van der Waals surface area contributed by atoms with E-state index < -0.39 is 0 Å². The predicted molar refractivity (Wildman–Crippen MR) is 122 cm³/mol. The summed E-state index contributed by atoms with van der Waals surface area (Å²) in [6, 6.07) is 14.2. The van der Waals surface area contributed by atoms with Gasteiger partial charge in [0.25, 0.3) is 5.91 Å². The van der Waals surface area contributed by atoms with Crippen molar-refractivity contribution in [3.05, 3.63) is 76.6 Å². The number of ketones is 2. The van der Waals surface area contributed by atoms with E-state index in [4.69, 9.17) is 4.74 Å². The van der Waals surface area contributed by atoms with Crippen molar-refractivity contribution in [3.8, 4) is 5.75 Å². The van der Waals surface area contributed by atoms with Crippen LogP contribution < -0.4 is 4.74 Å². The summed E-state index contributed by atoms with van der Waals surface area (Å²) in [5.41, 5.74) is 2.50. The highest BCUT2D eigenvalue weighted by Gasteiger charge is 2.35. The van der Waals surface area contributed by atoms with Crippen LogP contribution in [0.2, 0.25) is 0 Å². The zero-order valence-electron chi connectivity index (χ0n) is 18.5. The van der Waals surface area contributed by atoms with Crippen LogP contribution in [0, 0.1) is 0 Å². The molecule has 0 unspecified atom stereocenters. The number of piperazine rings is 1. The highest BCUT2D eigenvalue weighted by atomic mass is 16.5. The molecule has 2 aliphatic rings. The lowest BCUT2D eigenvalue weighted by Crippen LogP contribution is -2.49. The van der Waals surface area contributed by atoms with E-state index >= 15 is 0 Å². The highest BCUT2D eigenvalue weighted by Crippen LogP contribution is 2.27. The quantitative estimate of drug-likeness (QED) is 0.492. The second kappa shape index (κ2) is 8.71. The van der Waals surface area contributed by atoms with Crippen molar-refractivity contribution in [2.75, 3.05) is 39.8 Å². The van der Waals surface area contributed by atoms with E-state index in [1.165, 1.54) is 0 Å². The number of carbonyl (C=O) groups is 3. The molecule has 0 bridgehead atoms. The summed E-state index contributed by atoms with van der Waals surface area (Å²) in [6.45, 7) is 4.51. The van der Waals surface area contributed by atoms with E-state index in [-0.39, 0.29) is 17.5 Å². The van der Waals surface area contributed by atoms with E-state index in [2.05, 4.69) is 10.00 Å². The van der Waals surface area contributed by atoms with Gasteiger partial charge in [0.05, 0.1) is 7.11 Å². The number of nitrogens with zero attached hydrogens (tertiary/aromatic N) is 3. The molecule has 1 aliphatic carbocycles. The van der Waals surface area contributed by atoms with Crippen molar-refractivity contribution in [1.82, 2.24) is 19.6 Å². The average Bonchev–Trinajstić information content (AvgIpc) is 2.84. The average molecular weight is 447 g/mol. The van der Waals surface area contributed by atoms with Gasteiger partial charge in [-0.25, -0.2) is 0 Å². The van der Waals surface area contributed by atoms with Gasteiger partial charge < -0.3 is 9.64 Å². The molecular formula is C25H26N4O4. The number of carbonyl (C=O) groups excluding carboxylic acids is 3. The zero-order chi connectivity index (χ0) is 22.9. The first-order valence-corrected chi connectivity index (χ1v) is 11.2. The summed E-state index contributed by atoms with van der Waals surface area (Å²) in [7, 11) is 1.61. The second-order valence-corrected chi connectivity index (χ2v) is 8.41. The van der Waals surface area contributed by atoms with Crippen molar-refractivity contribution in [2.45, 2.75) is 13.0 Å². The van der Waals surface area contributed by atoms with Crippen molar-refractivity contribution >= 4 is 17.5 Å². The lowest BCUT2D eigenvalue weighted by molar-refractivity contribution is 0.0633. The molecule has 1 fully saturated rings. The van der Waals surface area contributed by atoms with Crippen LogP contribution in [0.15, 0.2) is 48.5 Å². The molecule has 1 aliphatic heterocycles. The fourth-order valence-electron chi connectivity index (χ4n) is 4.57. The van der Waals surface area contributed by atoms with E-state index in [0.29, 0.717) is 47.7 Å². The molecule has 0 saturated carbocycles. The van der Waals surface area contributed by atoms with Crippen molar-refractivity contribution in [2.24, 2.45) is 0 Å². The molecule has 1 N–H and O–H groups in total. The van der Waals surface area contributed by atoms with Gasteiger partial charge in [0, 0.05) is 56.0 Å². The number of H-pyrrole nitrogens is 1. The smallest absolute Gasteiger partial charge is 0.253 e. The van der Waals surface area contributed by atoms with Gasteiger partial charge in [-0.2, -0.15) is 0 Å². The molecule has 2 aromatic carbocycles. The van der Waals surface area contributed by atoms with Gasteiger partial charge in [-0.15, -0.1) is 0 Å². The maximum absolute atomic E-state index is 12.8. The largest absolute Gasteiger partial charge is 0.497 e. The van der Waals surface area contributed by atoms with Crippen LogP contribution in [0.25, 0.3) is 0 Å². The number of nitrogens with one attached hydrogen (secondary N) is 1. The molecular weight excluding hydrogens is 420 g/mol. The number of aromatic nitrogens is 2. The Morgan fingerprint density at radius 1 is 0.909 bits per heavy atom. The molecule has 170 valence electrons. The Morgan fingerprint density at radius 2 is 1.58 bits per heavy atom. The van der Waals surface area contributed by atoms with Crippen LogP contribution in [0.5, 0.6) is 5.75 Å². The molecule has 0 spiro atoms. The summed E-state index contributed by atoms with van der Waals surface area (Å²) in [5.74, 6) is 0.570. The van der Waals surface area contributed by atoms with Gasteiger partial charge >= 0.3 is 0 Å². The minimum Gasteiger partial charge on any atom is -0.497 e. The van der Waals surface area contributed by atoms with E-state index in [9.17, 15) is 14.4 Å². The number of benzene rings is 2. The fourth-order valence-corrected chi connectivity index (χ4v) is 4.57. The van der Waals surface area contributed by atoms with Gasteiger partial charge in [0.2, 0.25) is 11.6 Å². The number of ether oxygens (including phenoxy) is 1. The number of fused-ring (bicyclic) bond motifs is 2. The first kappa shape index (κ1) is 21.2. The number of aryl methyl sites for hydroxylation is 1. The molecule has 0 radical (unpaired) electrons. The Kier molecular flexibility index (Phi) is 5.60. The van der Waals surface area contributed by atoms with Gasteiger partial charge in [-0.1, -0.05) is 24.3 Å². The Labute approximate surface area is 191 Å². The van der Waals surface area contributed by atoms with Crippen LogP contribution in [-0.4, -0.2) is 76.9 Å². The monoisotopic (exact) mass is 446 g/mol. The number of hydrogen-bond acceptors (Lipinski definition) is 5. The van der Waals surface area contributed by atoms with E-state index in [1.807, 2.05) is 4.90 Å². The van der Waals surface area contributed by atoms with Crippen LogP contribution in [-0.2, 0) is 6.54 Å². The number of rotatable bonds is 6. The highest BCUT2D eigenvalue weighted by molar-refractivity contribution is 6.27. The molecule has 1 amide bonds. The van der Waals surface area contributed by atoms with E-state index in [0.717, 1.165) is 31.8 Å². The number of hydrogen-bond donors (Lipinski definition) is 1. The SMILES string of the molecule is COc1ccc(C(=O)N2CCN(CCCn3[nH]c4c3C(=O)c3ccccc3C4=O)CC2)cc1. The Bertz CT molecular complexity index is 1200. The lowest BCUT2D eigenvalue weighted by atomic mass is 9.89. The lowest BCUT2D eigenvalue weighted by Gasteiger charge is -2.35. The van der Waals surface area contributed by atoms with E-state index in [1.54, 1.807) is 60.3 Å². The third kappa shape index (κ3) is 3.87. The molecule has 8 heteroatoms. The third-order valence-corrected chi connectivity index (χ3v) is 6.46. The molecule has 1 aromatic heterocycles. The summed E-state index contributed by atoms with van der Waals surface area (Å²) >= 11 is 0. The van der Waals surface area contributed by atoms with Gasteiger partial charge in [-0.3, -0.25) is 29.1 Å². The fraction of sp³-hybridized carbons (Fsp3) is 0.320. The third-order valence-electron chi connectivity index (χ3n) is 6.46. The molecule has 33 heavy (non-hydrogen) atoms. The van der Waals surface area contributed by atoms with Crippen molar-refractivity contribution in [3.63, 3.8) is 0 Å². The molecule has 1 saturated heterocycles. The summed E-state index contributed by atoms with van der Waals surface area (Å²) in [6.07, 6.45) is 0.847. The van der Waals surface area contributed by atoms with Crippen LogP contribution in [0.3, 0.4) is 0 Å². The molecule has 0 atom stereocenters. The Morgan fingerprint density at radius 3 is 2.24 bits per heavy atom. The summed E-state index contributed by atoms with van der Waals surface area (Å²) in [5, 5.41) is 3.05. The van der Waals surface area contributed by atoms with Crippen molar-refractivity contribution in [1.29, 1.82) is 0 Å². The molecule has 8 nitrogen and oxygen atoms in total. The maximum Gasteiger partial charge on any atom is 0.253 e. The predicted octanol–water partition coefficient (Wildman–Crippen LogP) is 2.45. The van der Waals surface area contributed by atoms with Crippen LogP contribution >= 0.6 is 0 Å². The summed E-state index contributed by atoms with van der Waals surface area (Å²) < 4.78 is 6.94. The van der Waals surface area contributed by atoms with Crippen molar-refractivity contribution < 1.29 is 19.1 Å². The van der Waals surface area contributed by atoms with Crippen LogP contribution in [0.4, 0.5) is 0 Å². The zero-order valence-corrected chi connectivity index (χ0v) is 18.5. The Balaban J connectivity index is 1.12. The standard InChI is InChI=1S/C25H26N4O4/c1-33-18-9-7-17(8-10-18)25(32)28-15-13-27(14-16-28)11-4-12-29-22-21(26-29)23(30)19-5-2-3-6-20(19)24(22)31/h2-3,5-10,26H,4,11-16H2,1H3. The van der Waals surface area contributed by atoms with Gasteiger partial charge in [0.15, 0.2) is 0 Å². The summed E-state index contributed by atoms with van der Waals surface area (Å²) in [4.78, 5) is 42.3. The maximum atomic E-state index is 12.8. The van der Waals surface area contributed by atoms with Gasteiger partial charge in [0.1, 0.15) is 17.1 Å². The normalized spacial score (nSPS) is 16.0. The number of methoxy groups -OCH3 is 1.